The van der Waals surface area contributed by atoms with E-state index in [1.54, 1.807) is 19.1 Å². The van der Waals surface area contributed by atoms with E-state index in [-0.39, 0.29) is 18.4 Å². The summed E-state index contributed by atoms with van der Waals surface area (Å²) in [7, 11) is -0.0504. The molecule has 0 spiro atoms. The van der Waals surface area contributed by atoms with E-state index in [1.807, 2.05) is 26.0 Å². The average Bonchev–Trinajstić information content (AvgIpc) is 3.86. The molecule has 2 fully saturated rings. The lowest BCUT2D eigenvalue weighted by Crippen LogP contribution is -2.29. The van der Waals surface area contributed by atoms with Gasteiger partial charge in [-0.15, -0.1) is 0 Å². The summed E-state index contributed by atoms with van der Waals surface area (Å²) in [5.74, 6) is 2.54. The largest absolute Gasteiger partial charge is 0.488 e. The third-order valence-electron chi connectivity index (χ3n) is 8.78. The molecule has 2 heterocycles. The van der Waals surface area contributed by atoms with Crippen LogP contribution in [0.5, 0.6) is 0 Å². The summed E-state index contributed by atoms with van der Waals surface area (Å²) < 4.78 is 10.6. The van der Waals surface area contributed by atoms with Gasteiger partial charge in [-0.1, -0.05) is 85.3 Å². The lowest BCUT2D eigenvalue weighted by Gasteiger charge is -2.17. The van der Waals surface area contributed by atoms with Gasteiger partial charge < -0.3 is 30.2 Å². The molecule has 0 amide bonds. The highest BCUT2D eigenvalue weighted by atomic mass is 127. The maximum Gasteiger partial charge on any atom is 0.488 e. The molecule has 288 valence electrons. The number of hydrogen-bond donors (Lipinski definition) is 4. The molecule has 2 aliphatic rings. The van der Waals surface area contributed by atoms with Crippen LogP contribution in [-0.4, -0.2) is 81.3 Å². The zero-order valence-corrected chi connectivity index (χ0v) is 34.5. The molecule has 0 atom stereocenters. The number of ether oxygens (including phenoxy) is 2. The van der Waals surface area contributed by atoms with Crippen LogP contribution in [0.25, 0.3) is 11.1 Å². The average molecular weight is 891 g/mol. The van der Waals surface area contributed by atoms with E-state index in [4.69, 9.17) is 38.0 Å². The molecule has 2 saturated carbocycles. The van der Waals surface area contributed by atoms with Crippen molar-refractivity contribution in [3.05, 3.63) is 85.2 Å². The molecular weight excluding hydrogens is 845 g/mol. The smallest absolute Gasteiger partial charge is 0.462 e. The second-order valence-corrected chi connectivity index (χ2v) is 14.7. The molecule has 4 aromatic rings. The van der Waals surface area contributed by atoms with Crippen LogP contribution in [0.2, 0.25) is 10.3 Å². The van der Waals surface area contributed by atoms with Crippen LogP contribution < -0.4 is 16.1 Å². The fourth-order valence-electron chi connectivity index (χ4n) is 6.09. The molecule has 12 nitrogen and oxygen atoms in total. The van der Waals surface area contributed by atoms with Crippen LogP contribution in [0.4, 0.5) is 11.6 Å². The van der Waals surface area contributed by atoms with Gasteiger partial charge in [0.05, 0.1) is 21.3 Å². The number of nitrogens with one attached hydrogen (secondary N) is 2. The van der Waals surface area contributed by atoms with Gasteiger partial charge in [0.25, 0.3) is 0 Å². The highest BCUT2D eigenvalue weighted by Gasteiger charge is 2.21. The number of ketones is 1. The van der Waals surface area contributed by atoms with Crippen molar-refractivity contribution in [2.75, 3.05) is 31.0 Å². The van der Waals surface area contributed by atoms with Crippen LogP contribution in [0.1, 0.15) is 90.7 Å². The Morgan fingerprint density at radius 2 is 1.30 bits per heavy atom. The topological polar surface area (TPSA) is 169 Å². The molecule has 0 aliphatic heterocycles. The SMILES string of the molecule is CCOC(=O)c1ccc(-c2c(Cl)nc(C)nc2NC2CCCC2)cc1.COCC(=O)c1ccc(B(O)O)cc1.Cc1nc(Cl)c(I)c(NC2CCCC2)n1. The molecule has 6 rings (SSSR count). The number of carbonyl (C=O) groups excluding carboxylic acids is 2. The Balaban J connectivity index is 0.000000193. The maximum atomic E-state index is 11.8. The second-order valence-electron chi connectivity index (χ2n) is 12.9. The summed E-state index contributed by atoms with van der Waals surface area (Å²) in [4.78, 5) is 40.4. The minimum Gasteiger partial charge on any atom is -0.462 e. The number of esters is 1. The molecule has 16 heteroatoms. The van der Waals surface area contributed by atoms with Gasteiger partial charge >= 0.3 is 13.1 Å². The molecular formula is C38H46BCl2IN6O6. The monoisotopic (exact) mass is 890 g/mol. The Bertz CT molecular complexity index is 1840. The first-order chi connectivity index (χ1) is 25.9. The van der Waals surface area contributed by atoms with Crippen molar-refractivity contribution in [3.8, 4) is 11.1 Å². The third kappa shape index (κ3) is 12.8. The van der Waals surface area contributed by atoms with Crippen LogP contribution in [0.15, 0.2) is 48.5 Å². The van der Waals surface area contributed by atoms with Gasteiger partial charge in [-0.2, -0.15) is 0 Å². The van der Waals surface area contributed by atoms with Crippen molar-refractivity contribution in [1.82, 2.24) is 19.9 Å². The second kappa shape index (κ2) is 21.6. The number of carbonyl (C=O) groups is 2. The summed E-state index contributed by atoms with van der Waals surface area (Å²) in [6.07, 6.45) is 9.84. The number of rotatable bonds is 11. The molecule has 4 N–H and O–H groups in total. The van der Waals surface area contributed by atoms with E-state index >= 15 is 0 Å². The van der Waals surface area contributed by atoms with Crippen LogP contribution >= 0.6 is 45.8 Å². The minimum absolute atomic E-state index is 0.0288. The number of halogens is 3. The van der Waals surface area contributed by atoms with Gasteiger partial charge in [-0.25, -0.2) is 24.7 Å². The maximum absolute atomic E-state index is 11.8. The van der Waals surface area contributed by atoms with Crippen LogP contribution in [0, 0.1) is 17.4 Å². The lowest BCUT2D eigenvalue weighted by molar-refractivity contribution is 0.0526. The van der Waals surface area contributed by atoms with Crippen LogP contribution in [0.3, 0.4) is 0 Å². The summed E-state index contributed by atoms with van der Waals surface area (Å²) in [6.45, 7) is 5.87. The number of nitrogens with zero attached hydrogens (tertiary/aromatic N) is 4. The van der Waals surface area contributed by atoms with Crippen molar-refractivity contribution in [2.24, 2.45) is 0 Å². The molecule has 0 unspecified atom stereocenters. The zero-order chi connectivity index (χ0) is 39.2. The number of benzene rings is 2. The number of aryl methyl sites for hydroxylation is 2. The first-order valence-corrected chi connectivity index (χ1v) is 19.8. The zero-order valence-electron chi connectivity index (χ0n) is 30.9. The standard InChI is InChI=1S/C19H22ClN3O2.C10H13ClIN3.C9H11BO4/c1-3-25-19(24)14-10-8-13(9-11-14)16-17(20)21-12(2)22-18(16)23-15-6-4-5-7-15;1-6-13-9(11)8(12)10(14-6)15-7-4-2-3-5-7;1-14-6-9(11)7-2-4-8(5-3-7)10(12)13/h8-11,15H,3-7H2,1-2H3,(H,21,22,23);7H,2-5H2,1H3,(H,13,14,15);2-5,12-13H,6H2,1H3. The number of methoxy groups -OCH3 is 1. The first kappa shape index (κ1) is 43.3. The fourth-order valence-corrected chi connectivity index (χ4v) is 7.02. The lowest BCUT2D eigenvalue weighted by atomic mass is 9.80. The van der Waals surface area contributed by atoms with E-state index < -0.39 is 7.12 Å². The molecule has 0 radical (unpaired) electrons. The van der Waals surface area contributed by atoms with E-state index in [0.29, 0.717) is 51.4 Å². The molecule has 0 bridgehead atoms. The van der Waals surface area contributed by atoms with Gasteiger partial charge in [0.15, 0.2) is 5.78 Å². The quantitative estimate of drug-likeness (QED) is 0.0393. The Hall–Kier alpha value is -3.41. The Morgan fingerprint density at radius 1 is 0.796 bits per heavy atom. The first-order valence-electron chi connectivity index (χ1n) is 17.9. The predicted octanol–water partition coefficient (Wildman–Crippen LogP) is 7.23. The van der Waals surface area contributed by atoms with E-state index in [2.05, 4.69) is 57.9 Å². The fraction of sp³-hybridized carbons (Fsp3) is 0.421. The third-order valence-corrected chi connectivity index (χ3v) is 10.7. The Morgan fingerprint density at radius 3 is 1.81 bits per heavy atom. The molecule has 2 aromatic heterocycles. The molecule has 2 aromatic carbocycles. The van der Waals surface area contributed by atoms with Crippen molar-refractivity contribution in [1.29, 1.82) is 0 Å². The summed E-state index contributed by atoms with van der Waals surface area (Å²) in [5.41, 5.74) is 3.02. The molecule has 0 saturated heterocycles. The Kier molecular flexibility index (Phi) is 17.3. The van der Waals surface area contributed by atoms with E-state index in [9.17, 15) is 9.59 Å². The van der Waals surface area contributed by atoms with Gasteiger partial charge in [0.2, 0.25) is 0 Å². The van der Waals surface area contributed by atoms with Crippen LogP contribution in [-0.2, 0) is 9.47 Å². The van der Waals surface area contributed by atoms with Gasteiger partial charge in [0.1, 0.15) is 40.2 Å². The number of hydrogen-bond acceptors (Lipinski definition) is 12. The van der Waals surface area contributed by atoms with Gasteiger partial charge in [-0.05, 0) is 92.2 Å². The summed E-state index contributed by atoms with van der Waals surface area (Å²) in [5, 5.41) is 25.5. The Labute approximate surface area is 340 Å². The summed E-state index contributed by atoms with van der Waals surface area (Å²) >= 11 is 14.6. The van der Waals surface area contributed by atoms with Crippen molar-refractivity contribution >= 4 is 81.8 Å². The van der Waals surface area contributed by atoms with Crippen molar-refractivity contribution in [2.45, 2.75) is 84.2 Å². The van der Waals surface area contributed by atoms with Crippen molar-refractivity contribution < 1.29 is 29.1 Å². The number of aromatic nitrogens is 4. The highest BCUT2D eigenvalue weighted by Crippen LogP contribution is 2.35. The van der Waals surface area contributed by atoms with E-state index in [1.165, 1.54) is 69.9 Å². The van der Waals surface area contributed by atoms with Gasteiger partial charge in [-0.3, -0.25) is 4.79 Å². The van der Waals surface area contributed by atoms with Gasteiger partial charge in [0, 0.05) is 24.8 Å². The predicted molar refractivity (Wildman–Crippen MR) is 222 cm³/mol. The van der Waals surface area contributed by atoms with E-state index in [0.717, 1.165) is 45.0 Å². The molecule has 54 heavy (non-hydrogen) atoms. The van der Waals surface area contributed by atoms with Crippen molar-refractivity contribution in [3.63, 3.8) is 0 Å². The highest BCUT2D eigenvalue weighted by molar-refractivity contribution is 14.1. The summed E-state index contributed by atoms with van der Waals surface area (Å²) in [6, 6.07) is 14.2. The normalized spacial score (nSPS) is 14.0. The molecule has 2 aliphatic carbocycles. The number of anilines is 2. The number of Topliss-reactive ketones (excluding diaryl/α,β-unsaturated/α-hetero) is 1. The minimum atomic E-state index is -1.50.